The highest BCUT2D eigenvalue weighted by molar-refractivity contribution is 6.68. The van der Waals surface area contributed by atoms with Crippen molar-refractivity contribution >= 4 is 81.2 Å². The Balaban J connectivity index is 2.09. The van der Waals surface area contributed by atoms with Gasteiger partial charge in [0, 0.05) is 5.38 Å². The van der Waals surface area contributed by atoms with Crippen LogP contribution in [0.2, 0.25) is 0 Å². The second-order valence-electron chi connectivity index (χ2n) is 5.44. The molecule has 1 saturated heterocycles. The zero-order valence-corrected chi connectivity index (χ0v) is 16.2. The lowest BCUT2D eigenvalue weighted by Crippen LogP contribution is -2.74. The van der Waals surface area contributed by atoms with Crippen LogP contribution in [-0.2, 0) is 0 Å². The topological polar surface area (TPSA) is 36.1 Å². The molecule has 0 aromatic carbocycles. The summed E-state index contributed by atoms with van der Waals surface area (Å²) in [5, 5.41) is 9.69. The van der Waals surface area contributed by atoms with E-state index in [4.69, 9.17) is 81.2 Å². The van der Waals surface area contributed by atoms with Gasteiger partial charge in [-0.15, -0.1) is 11.6 Å². The molecule has 1 saturated carbocycles. The van der Waals surface area contributed by atoms with Gasteiger partial charge in [-0.25, -0.2) is 0 Å². The summed E-state index contributed by atoms with van der Waals surface area (Å²) in [5.74, 6) is 0.340. The molecule has 0 spiro atoms. The third-order valence-electron chi connectivity index (χ3n) is 3.85. The molecule has 2 rings (SSSR count). The van der Waals surface area contributed by atoms with Gasteiger partial charge in [0.25, 0.3) is 0 Å². The molecule has 0 radical (unpaired) electrons. The molecule has 3 N–H and O–H groups in total. The third kappa shape index (κ3) is 5.45. The Morgan fingerprint density at radius 2 is 1.10 bits per heavy atom. The normalized spacial score (nSPS) is 39.3. The highest BCUT2D eigenvalue weighted by atomic mass is 35.6. The van der Waals surface area contributed by atoms with Crippen LogP contribution in [-0.4, -0.2) is 31.5 Å². The maximum absolute atomic E-state index is 6.14. The maximum Gasteiger partial charge on any atom is 0.218 e. The van der Waals surface area contributed by atoms with E-state index in [0.717, 1.165) is 25.7 Å². The van der Waals surface area contributed by atoms with Crippen LogP contribution in [0.1, 0.15) is 25.7 Å². The van der Waals surface area contributed by atoms with Crippen molar-refractivity contribution in [2.75, 3.05) is 0 Å². The van der Waals surface area contributed by atoms with E-state index in [1.807, 2.05) is 0 Å². The first-order chi connectivity index (χ1) is 9.57. The lowest BCUT2D eigenvalue weighted by Gasteiger charge is -2.46. The highest BCUT2D eigenvalue weighted by Crippen LogP contribution is 2.37. The Bertz CT molecular complexity index is 327. The predicted octanol–water partition coefficient (Wildman–Crippen LogP) is 4.29. The minimum atomic E-state index is -1.56. The monoisotopic (exact) mass is 435 g/mol. The van der Waals surface area contributed by atoms with Crippen molar-refractivity contribution in [2.24, 2.45) is 5.92 Å². The molecule has 1 aliphatic heterocycles. The number of halogens is 7. The molecule has 124 valence electrons. The quantitative estimate of drug-likeness (QED) is 0.535. The molecule has 2 unspecified atom stereocenters. The molecule has 3 nitrogen and oxygen atoms in total. The first-order valence-corrected chi connectivity index (χ1v) is 9.33. The number of nitrogens with one attached hydrogen (secondary N) is 3. The molecule has 1 heterocycles. The third-order valence-corrected chi connectivity index (χ3v) is 5.60. The summed E-state index contributed by atoms with van der Waals surface area (Å²) in [5.41, 5.74) is 0. The van der Waals surface area contributed by atoms with E-state index < -0.39 is 19.9 Å². The van der Waals surface area contributed by atoms with Crippen molar-refractivity contribution in [1.29, 1.82) is 0 Å². The van der Waals surface area contributed by atoms with Gasteiger partial charge < -0.3 is 0 Å². The largest absolute Gasteiger partial charge is 0.283 e. The molecular weight excluding hydrogens is 422 g/mol. The molecule has 0 aromatic heterocycles. The molecule has 10 heteroatoms. The molecular formula is C11H16Cl7N3. The molecule has 1 aliphatic carbocycles. The van der Waals surface area contributed by atoms with E-state index in [-0.39, 0.29) is 11.5 Å². The van der Waals surface area contributed by atoms with Crippen LogP contribution in [0, 0.1) is 5.92 Å². The standard InChI is InChI=1S/C11H16Cl7N3/c12-6-3-1-5(2-4-6)7-19-8(10(13,14)15)21-9(20-7)11(16,17)18/h5-9,19-21H,1-4H2. The molecule has 0 amide bonds. The van der Waals surface area contributed by atoms with Crippen molar-refractivity contribution < 1.29 is 0 Å². The molecule has 2 atom stereocenters. The molecule has 21 heavy (non-hydrogen) atoms. The first kappa shape index (κ1) is 19.2. The van der Waals surface area contributed by atoms with Gasteiger partial charge in [0.2, 0.25) is 7.59 Å². The van der Waals surface area contributed by atoms with Gasteiger partial charge in [-0.1, -0.05) is 69.6 Å². The zero-order chi connectivity index (χ0) is 15.8. The van der Waals surface area contributed by atoms with E-state index in [9.17, 15) is 0 Å². The smallest absolute Gasteiger partial charge is 0.218 e. The average Bonchev–Trinajstić information content (AvgIpc) is 2.37. The van der Waals surface area contributed by atoms with Gasteiger partial charge in [0.05, 0.1) is 6.17 Å². The van der Waals surface area contributed by atoms with Crippen molar-refractivity contribution in [2.45, 2.75) is 57.1 Å². The van der Waals surface area contributed by atoms with Crippen LogP contribution in [0.25, 0.3) is 0 Å². The van der Waals surface area contributed by atoms with Crippen LogP contribution in [0.5, 0.6) is 0 Å². The fourth-order valence-corrected chi connectivity index (χ4v) is 3.74. The summed E-state index contributed by atoms with van der Waals surface area (Å²) in [6.07, 6.45) is 2.49. The fraction of sp³-hybridized carbons (Fsp3) is 1.00. The Labute approximate surface area is 159 Å². The summed E-state index contributed by atoms with van der Waals surface area (Å²) in [6, 6.07) is 0. The number of hydrogen-bond donors (Lipinski definition) is 3. The Morgan fingerprint density at radius 1 is 0.667 bits per heavy atom. The molecule has 2 aliphatic rings. The van der Waals surface area contributed by atoms with Gasteiger partial charge in [-0.3, -0.25) is 16.0 Å². The number of hydrogen-bond acceptors (Lipinski definition) is 3. The van der Waals surface area contributed by atoms with Crippen molar-refractivity contribution in [3.05, 3.63) is 0 Å². The summed E-state index contributed by atoms with van der Waals surface area (Å²) in [7, 11) is 0. The summed E-state index contributed by atoms with van der Waals surface area (Å²) in [4.78, 5) is 0. The maximum atomic E-state index is 6.14. The van der Waals surface area contributed by atoms with E-state index in [2.05, 4.69) is 16.0 Å². The molecule has 0 bridgehead atoms. The minimum Gasteiger partial charge on any atom is -0.283 e. The van der Waals surface area contributed by atoms with Crippen molar-refractivity contribution in [3.8, 4) is 0 Å². The SMILES string of the molecule is ClC1CCC(C2NC(C(Cl)(Cl)Cl)NC(C(Cl)(Cl)Cl)N2)CC1. The molecule has 0 aromatic rings. The lowest BCUT2D eigenvalue weighted by atomic mass is 9.86. The van der Waals surface area contributed by atoms with Crippen LogP contribution >= 0.6 is 81.2 Å². The summed E-state index contributed by atoms with van der Waals surface area (Å²) in [6.45, 7) is 0. The predicted molar refractivity (Wildman–Crippen MR) is 93.0 cm³/mol. The zero-order valence-electron chi connectivity index (χ0n) is 10.9. The van der Waals surface area contributed by atoms with Crippen LogP contribution in [0.3, 0.4) is 0 Å². The summed E-state index contributed by atoms with van der Waals surface area (Å²) >= 11 is 42.0. The van der Waals surface area contributed by atoms with E-state index in [1.54, 1.807) is 0 Å². The second-order valence-corrected chi connectivity index (χ2v) is 10.8. The first-order valence-electron chi connectivity index (χ1n) is 6.63. The average molecular weight is 438 g/mol. The van der Waals surface area contributed by atoms with Crippen LogP contribution < -0.4 is 16.0 Å². The lowest BCUT2D eigenvalue weighted by molar-refractivity contribution is 0.134. The van der Waals surface area contributed by atoms with Gasteiger partial charge in [-0.05, 0) is 31.6 Å². The van der Waals surface area contributed by atoms with E-state index >= 15 is 0 Å². The van der Waals surface area contributed by atoms with Crippen molar-refractivity contribution in [1.82, 2.24) is 16.0 Å². The minimum absolute atomic E-state index is 0.114. The van der Waals surface area contributed by atoms with Gasteiger partial charge in [0.1, 0.15) is 12.3 Å². The Hall–Kier alpha value is 1.91. The number of alkyl halides is 7. The van der Waals surface area contributed by atoms with Crippen LogP contribution in [0.15, 0.2) is 0 Å². The fourth-order valence-electron chi connectivity index (χ4n) is 2.73. The number of rotatable bonds is 1. The van der Waals surface area contributed by atoms with E-state index in [0.29, 0.717) is 5.92 Å². The molecule has 2 fully saturated rings. The van der Waals surface area contributed by atoms with Crippen molar-refractivity contribution in [3.63, 3.8) is 0 Å². The Morgan fingerprint density at radius 3 is 1.48 bits per heavy atom. The van der Waals surface area contributed by atoms with Crippen LogP contribution in [0.4, 0.5) is 0 Å². The second kappa shape index (κ2) is 7.43. The highest BCUT2D eigenvalue weighted by Gasteiger charge is 2.46. The van der Waals surface area contributed by atoms with Gasteiger partial charge >= 0.3 is 0 Å². The van der Waals surface area contributed by atoms with Gasteiger partial charge in [-0.2, -0.15) is 0 Å². The van der Waals surface area contributed by atoms with Gasteiger partial charge in [0.15, 0.2) is 0 Å². The van der Waals surface area contributed by atoms with E-state index in [1.165, 1.54) is 0 Å². The Kier molecular flexibility index (Phi) is 6.81. The summed E-state index contributed by atoms with van der Waals surface area (Å²) < 4.78 is -3.11.